The molecule has 0 atom stereocenters. The summed E-state index contributed by atoms with van der Waals surface area (Å²) >= 11 is 0. The first-order valence-corrected chi connectivity index (χ1v) is 15.9. The third-order valence-electron chi connectivity index (χ3n) is 7.23. The van der Waals surface area contributed by atoms with E-state index in [9.17, 15) is 0 Å². The third-order valence-corrected chi connectivity index (χ3v) is 7.23. The summed E-state index contributed by atoms with van der Waals surface area (Å²) in [4.78, 5) is 0. The molecule has 0 amide bonds. The van der Waals surface area contributed by atoms with Crippen molar-refractivity contribution in [2.75, 3.05) is 13.1 Å². The predicted molar refractivity (Wildman–Crippen MR) is 191 cm³/mol. The SMILES string of the molecule is CC(C)c1cccc(C(C)C)c1[N-]CCC[N-]c1c(C(C)C)cccc1C(C)C.[CH2-]c1ccccc1.[CH2-]c1ccccc1.[Ti+4]. The Hall–Kier alpha value is -3.07. The van der Waals surface area contributed by atoms with Gasteiger partial charge in [-0.05, 0) is 23.7 Å². The van der Waals surface area contributed by atoms with Gasteiger partial charge in [-0.3, -0.25) is 0 Å². The van der Waals surface area contributed by atoms with Gasteiger partial charge >= 0.3 is 21.7 Å². The van der Waals surface area contributed by atoms with E-state index >= 15 is 0 Å². The first-order chi connectivity index (χ1) is 20.5. The number of hydrogen-bond donors (Lipinski definition) is 0. The Kier molecular flexibility index (Phi) is 18.4. The molecule has 4 aromatic rings. The third kappa shape index (κ3) is 13.3. The second kappa shape index (κ2) is 20.8. The fourth-order valence-corrected chi connectivity index (χ4v) is 4.80. The molecule has 4 rings (SSSR count). The molecule has 0 unspecified atom stereocenters. The number of hydrogen-bond acceptors (Lipinski definition) is 0. The number of benzene rings is 4. The summed E-state index contributed by atoms with van der Waals surface area (Å²) < 4.78 is 0. The van der Waals surface area contributed by atoms with Crippen molar-refractivity contribution in [3.8, 4) is 0 Å². The molecule has 3 heteroatoms. The molecule has 232 valence electrons. The standard InChI is InChI=1S/C27H40N2.2C7H7.Ti/c1-18(2)22-12-9-13-23(19(3)4)26(22)28-16-11-17-29-27-24(20(5)6)14-10-15-25(27)21(7)8;2*1-7-5-3-2-4-6-7;/h9-10,12-15,18-21H,11,16-17H2,1-8H3;2*2-6H,1H2;/q-2;2*-1;+4. The molecule has 0 aliphatic heterocycles. The van der Waals surface area contributed by atoms with Gasteiger partial charge in [0.15, 0.2) is 0 Å². The Morgan fingerprint density at radius 3 is 0.909 bits per heavy atom. The summed E-state index contributed by atoms with van der Waals surface area (Å²) in [5, 5.41) is 10.1. The van der Waals surface area contributed by atoms with E-state index in [0.29, 0.717) is 23.7 Å². The van der Waals surface area contributed by atoms with Gasteiger partial charge in [0.05, 0.1) is 0 Å². The molecule has 0 saturated carbocycles. The topological polar surface area (TPSA) is 28.2 Å². The zero-order chi connectivity index (χ0) is 31.8. The largest absolute Gasteiger partial charge is 4.00 e. The van der Waals surface area contributed by atoms with Crippen LogP contribution in [0, 0.1) is 13.8 Å². The number of nitrogens with zero attached hydrogens (tertiary/aromatic N) is 2. The van der Waals surface area contributed by atoms with E-state index in [0.717, 1.165) is 30.6 Å². The Morgan fingerprint density at radius 2 is 0.705 bits per heavy atom. The summed E-state index contributed by atoms with van der Waals surface area (Å²) in [6.07, 6.45) is 0.980. The molecule has 0 fully saturated rings. The number of para-hydroxylation sites is 2. The average Bonchev–Trinajstić information content (AvgIpc) is 2.98. The normalized spacial score (nSPS) is 10.5. The predicted octanol–water partition coefficient (Wildman–Crippen LogP) is 13.0. The van der Waals surface area contributed by atoms with Gasteiger partial charge in [-0.1, -0.05) is 133 Å². The van der Waals surface area contributed by atoms with Gasteiger partial charge in [-0.25, -0.2) is 0 Å². The first-order valence-electron chi connectivity index (χ1n) is 15.9. The van der Waals surface area contributed by atoms with Crippen LogP contribution in [0.25, 0.3) is 10.6 Å². The Morgan fingerprint density at radius 1 is 0.432 bits per heavy atom. The molecule has 0 N–H and O–H groups in total. The van der Waals surface area contributed by atoms with Gasteiger partial charge in [0, 0.05) is 0 Å². The summed E-state index contributed by atoms with van der Waals surface area (Å²) in [5.74, 6) is 1.96. The van der Waals surface area contributed by atoms with Crippen LogP contribution in [0.1, 0.15) is 119 Å². The van der Waals surface area contributed by atoms with Crippen LogP contribution in [-0.4, -0.2) is 13.1 Å². The van der Waals surface area contributed by atoms with Crippen molar-refractivity contribution in [1.29, 1.82) is 0 Å². The smallest absolute Gasteiger partial charge is 0.684 e. The fraction of sp³-hybridized carbons (Fsp3) is 0.366. The van der Waals surface area contributed by atoms with E-state index in [1.807, 2.05) is 60.7 Å². The second-order valence-corrected chi connectivity index (χ2v) is 12.3. The van der Waals surface area contributed by atoms with Crippen LogP contribution in [0.5, 0.6) is 0 Å². The van der Waals surface area contributed by atoms with Gasteiger partial charge in [0.25, 0.3) is 0 Å². The quantitative estimate of drug-likeness (QED) is 0.0956. The van der Waals surface area contributed by atoms with Crippen LogP contribution in [0.4, 0.5) is 11.4 Å². The molecule has 0 aliphatic carbocycles. The maximum atomic E-state index is 5.03. The zero-order valence-electron chi connectivity index (χ0n) is 28.5. The molecule has 4 aromatic carbocycles. The van der Waals surface area contributed by atoms with E-state index in [-0.39, 0.29) is 21.7 Å². The summed E-state index contributed by atoms with van der Waals surface area (Å²) in [7, 11) is 0. The van der Waals surface area contributed by atoms with Crippen LogP contribution >= 0.6 is 0 Å². The van der Waals surface area contributed by atoms with E-state index in [4.69, 9.17) is 10.6 Å². The average molecular weight is 623 g/mol. The maximum Gasteiger partial charge on any atom is 4.00 e. The van der Waals surface area contributed by atoms with Crippen molar-refractivity contribution in [3.05, 3.63) is 155 Å². The molecular formula is C41H54N2Ti. The fourth-order valence-electron chi connectivity index (χ4n) is 4.80. The summed E-state index contributed by atoms with van der Waals surface area (Å²) in [6, 6.07) is 33.0. The Labute approximate surface area is 285 Å². The van der Waals surface area contributed by atoms with Crippen molar-refractivity contribution in [2.24, 2.45) is 0 Å². The minimum atomic E-state index is 0. The molecule has 0 aliphatic rings. The minimum Gasteiger partial charge on any atom is -0.684 e. The Bertz CT molecular complexity index is 1160. The van der Waals surface area contributed by atoms with Crippen LogP contribution < -0.4 is 0 Å². The van der Waals surface area contributed by atoms with Gasteiger partial charge < -0.3 is 10.6 Å². The second-order valence-electron chi connectivity index (χ2n) is 12.3. The van der Waals surface area contributed by atoms with Gasteiger partial charge in [0.2, 0.25) is 0 Å². The van der Waals surface area contributed by atoms with Crippen molar-refractivity contribution in [2.45, 2.75) is 85.5 Å². The van der Waals surface area contributed by atoms with Crippen molar-refractivity contribution >= 4 is 11.4 Å². The Balaban J connectivity index is 0.000000523. The summed E-state index contributed by atoms with van der Waals surface area (Å²) in [5.41, 5.74) is 10.0. The van der Waals surface area contributed by atoms with Crippen molar-refractivity contribution < 1.29 is 21.7 Å². The zero-order valence-corrected chi connectivity index (χ0v) is 30.0. The van der Waals surface area contributed by atoms with Crippen molar-refractivity contribution in [1.82, 2.24) is 0 Å². The van der Waals surface area contributed by atoms with Crippen LogP contribution in [0.15, 0.2) is 97.1 Å². The summed E-state index contributed by atoms with van der Waals surface area (Å²) in [6.45, 7) is 27.1. The molecule has 0 bridgehead atoms. The monoisotopic (exact) mass is 622 g/mol. The van der Waals surface area contributed by atoms with Crippen LogP contribution in [-0.2, 0) is 21.7 Å². The molecule has 0 radical (unpaired) electrons. The molecule has 0 heterocycles. The molecule has 44 heavy (non-hydrogen) atoms. The van der Waals surface area contributed by atoms with E-state index in [2.05, 4.69) is 106 Å². The van der Waals surface area contributed by atoms with Crippen molar-refractivity contribution in [3.63, 3.8) is 0 Å². The van der Waals surface area contributed by atoms with E-state index < -0.39 is 0 Å². The maximum absolute atomic E-state index is 5.03. The first kappa shape index (κ1) is 39.0. The molecule has 2 nitrogen and oxygen atoms in total. The van der Waals surface area contributed by atoms with Gasteiger partial charge in [0.1, 0.15) is 0 Å². The molecular weight excluding hydrogens is 568 g/mol. The number of rotatable bonds is 10. The minimum absolute atomic E-state index is 0. The van der Waals surface area contributed by atoms with Crippen LogP contribution in [0.2, 0.25) is 0 Å². The molecule has 0 saturated heterocycles. The van der Waals surface area contributed by atoms with Gasteiger partial charge in [-0.2, -0.15) is 49.2 Å². The van der Waals surface area contributed by atoms with Crippen LogP contribution in [0.3, 0.4) is 0 Å². The molecule has 0 spiro atoms. The van der Waals surface area contributed by atoms with E-state index in [1.165, 1.54) is 33.6 Å². The van der Waals surface area contributed by atoms with Gasteiger partial charge in [-0.15, -0.1) is 48.7 Å². The van der Waals surface area contributed by atoms with E-state index in [1.54, 1.807) is 0 Å². The molecule has 0 aromatic heterocycles.